The number of furan rings is 1. The minimum atomic E-state index is -0.139. The minimum absolute atomic E-state index is 0.139. The second-order valence-electron chi connectivity index (χ2n) is 5.76. The molecule has 1 amide bonds. The Bertz CT molecular complexity index is 860. The Balaban J connectivity index is 1.67. The number of nitrogens with one attached hydrogen (secondary N) is 2. The van der Waals surface area contributed by atoms with Crippen LogP contribution in [0.2, 0.25) is 0 Å². The van der Waals surface area contributed by atoms with Crippen molar-refractivity contribution in [2.45, 2.75) is 25.3 Å². The fourth-order valence-corrected chi connectivity index (χ4v) is 3.11. The Hall–Kier alpha value is -2.66. The number of anilines is 1. The van der Waals surface area contributed by atoms with Crippen LogP contribution in [0.4, 0.5) is 5.69 Å². The lowest BCUT2D eigenvalue weighted by molar-refractivity contribution is 0.0949. The summed E-state index contributed by atoms with van der Waals surface area (Å²) in [6.45, 7) is 4.55. The molecule has 0 saturated carbocycles. The van der Waals surface area contributed by atoms with Crippen molar-refractivity contribution >= 4 is 23.5 Å². The average Bonchev–Trinajstić information content (AvgIpc) is 3.14. The van der Waals surface area contributed by atoms with Crippen LogP contribution in [-0.4, -0.2) is 5.91 Å². The van der Waals surface area contributed by atoms with Crippen molar-refractivity contribution in [1.82, 2.24) is 5.32 Å². The molecule has 3 rings (SSSR count). The number of amides is 1. The van der Waals surface area contributed by atoms with E-state index in [4.69, 9.17) is 4.42 Å². The number of benzene rings is 2. The lowest BCUT2D eigenvalue weighted by atomic mass is 10.1. The summed E-state index contributed by atoms with van der Waals surface area (Å²) in [5, 5.41) is 2.87. The predicted octanol–water partition coefficient (Wildman–Crippen LogP) is 4.95. The molecule has 0 fully saturated rings. The van der Waals surface area contributed by atoms with Crippen LogP contribution >= 0.6 is 11.9 Å². The van der Waals surface area contributed by atoms with E-state index < -0.39 is 0 Å². The van der Waals surface area contributed by atoms with Gasteiger partial charge in [-0.2, -0.15) is 0 Å². The second kappa shape index (κ2) is 7.94. The number of carbonyl (C=O) groups is 1. The highest BCUT2D eigenvalue weighted by atomic mass is 32.2. The first-order chi connectivity index (χ1) is 12.1. The van der Waals surface area contributed by atoms with Crippen LogP contribution in [0, 0.1) is 13.8 Å². The van der Waals surface area contributed by atoms with Gasteiger partial charge in [-0.3, -0.25) is 4.79 Å². The van der Waals surface area contributed by atoms with Crippen LogP contribution in [-0.2, 0) is 6.54 Å². The van der Waals surface area contributed by atoms with Gasteiger partial charge in [-0.25, -0.2) is 0 Å². The maximum atomic E-state index is 12.5. The van der Waals surface area contributed by atoms with Gasteiger partial charge in [-0.15, -0.1) is 0 Å². The van der Waals surface area contributed by atoms with Gasteiger partial charge in [0.1, 0.15) is 5.76 Å². The summed E-state index contributed by atoms with van der Waals surface area (Å²) in [5.41, 5.74) is 3.89. The van der Waals surface area contributed by atoms with Crippen molar-refractivity contribution in [3.05, 3.63) is 83.3 Å². The molecule has 2 N–H and O–H groups in total. The zero-order valence-electron chi connectivity index (χ0n) is 14.2. The zero-order chi connectivity index (χ0) is 17.6. The number of para-hydroxylation sites is 1. The van der Waals surface area contributed by atoms with Gasteiger partial charge in [0.2, 0.25) is 0 Å². The topological polar surface area (TPSA) is 54.3 Å². The zero-order valence-corrected chi connectivity index (χ0v) is 15.0. The second-order valence-corrected chi connectivity index (χ2v) is 6.64. The van der Waals surface area contributed by atoms with Crippen LogP contribution < -0.4 is 10.0 Å². The molecular weight excluding hydrogens is 332 g/mol. The average molecular weight is 352 g/mol. The molecular formula is C20H20N2O2S. The van der Waals surface area contributed by atoms with Gasteiger partial charge in [0, 0.05) is 4.90 Å². The molecule has 2 aromatic carbocycles. The Morgan fingerprint density at radius 1 is 1.04 bits per heavy atom. The summed E-state index contributed by atoms with van der Waals surface area (Å²) in [6.07, 6.45) is 1.59. The number of carbonyl (C=O) groups excluding carboxylic acids is 1. The van der Waals surface area contributed by atoms with Crippen molar-refractivity contribution in [3.8, 4) is 0 Å². The standard InChI is InChI=1S/C20H20N2O2S/c1-14-9-10-17(12-15(14)2)25-22-19-8-4-3-7-18(19)20(23)21-13-16-6-5-11-24-16/h3-12,22H,13H2,1-2H3,(H,21,23). The van der Waals surface area contributed by atoms with E-state index in [2.05, 4.69) is 42.1 Å². The third kappa shape index (κ3) is 4.45. The van der Waals surface area contributed by atoms with Gasteiger partial charge >= 0.3 is 0 Å². The molecule has 0 bridgehead atoms. The van der Waals surface area contributed by atoms with Gasteiger partial charge in [0.25, 0.3) is 5.91 Å². The van der Waals surface area contributed by atoms with Gasteiger partial charge in [0.05, 0.1) is 24.1 Å². The minimum Gasteiger partial charge on any atom is -0.467 e. The lowest BCUT2D eigenvalue weighted by Gasteiger charge is -2.12. The van der Waals surface area contributed by atoms with E-state index in [-0.39, 0.29) is 5.91 Å². The van der Waals surface area contributed by atoms with E-state index in [0.717, 1.165) is 16.3 Å². The highest BCUT2D eigenvalue weighted by Crippen LogP contribution is 2.25. The van der Waals surface area contributed by atoms with Crippen LogP contribution in [0.1, 0.15) is 27.2 Å². The third-order valence-electron chi connectivity index (χ3n) is 3.93. The normalized spacial score (nSPS) is 10.5. The number of aryl methyl sites for hydroxylation is 2. The molecule has 5 heteroatoms. The van der Waals surface area contributed by atoms with E-state index in [9.17, 15) is 4.79 Å². The Kier molecular flexibility index (Phi) is 5.46. The van der Waals surface area contributed by atoms with Crippen LogP contribution in [0.5, 0.6) is 0 Å². The molecule has 128 valence electrons. The molecule has 0 aliphatic rings. The number of rotatable bonds is 6. The summed E-state index contributed by atoms with van der Waals surface area (Å²) in [7, 11) is 0. The van der Waals surface area contributed by atoms with Crippen LogP contribution in [0.25, 0.3) is 0 Å². The number of hydrogen-bond donors (Lipinski definition) is 2. The quantitative estimate of drug-likeness (QED) is 0.617. The fourth-order valence-electron chi connectivity index (χ4n) is 2.34. The summed E-state index contributed by atoms with van der Waals surface area (Å²) in [6, 6.07) is 17.4. The van der Waals surface area contributed by atoms with E-state index in [0.29, 0.717) is 12.1 Å². The Morgan fingerprint density at radius 2 is 1.88 bits per heavy atom. The number of hydrogen-bond acceptors (Lipinski definition) is 4. The Labute approximate surface area is 151 Å². The maximum absolute atomic E-state index is 12.5. The van der Waals surface area contributed by atoms with Gasteiger partial charge < -0.3 is 14.5 Å². The Morgan fingerprint density at radius 3 is 2.64 bits per heavy atom. The molecule has 0 saturated heterocycles. The molecule has 0 radical (unpaired) electrons. The molecule has 1 aromatic heterocycles. The van der Waals surface area contributed by atoms with Crippen molar-refractivity contribution in [1.29, 1.82) is 0 Å². The third-order valence-corrected chi connectivity index (χ3v) is 4.74. The van der Waals surface area contributed by atoms with Gasteiger partial charge in [-0.1, -0.05) is 18.2 Å². The molecule has 0 aliphatic heterocycles. The summed E-state index contributed by atoms with van der Waals surface area (Å²) >= 11 is 1.50. The van der Waals surface area contributed by atoms with E-state index >= 15 is 0 Å². The summed E-state index contributed by atoms with van der Waals surface area (Å²) < 4.78 is 8.52. The molecule has 0 spiro atoms. The summed E-state index contributed by atoms with van der Waals surface area (Å²) in [5.74, 6) is 0.587. The molecule has 3 aromatic rings. The van der Waals surface area contributed by atoms with E-state index in [1.54, 1.807) is 18.4 Å². The monoisotopic (exact) mass is 352 g/mol. The first-order valence-electron chi connectivity index (χ1n) is 8.03. The van der Waals surface area contributed by atoms with Crippen molar-refractivity contribution in [3.63, 3.8) is 0 Å². The van der Waals surface area contributed by atoms with Crippen molar-refractivity contribution < 1.29 is 9.21 Å². The van der Waals surface area contributed by atoms with Crippen LogP contribution in [0.15, 0.2) is 70.2 Å². The van der Waals surface area contributed by atoms with E-state index in [1.165, 1.54) is 23.1 Å². The lowest BCUT2D eigenvalue weighted by Crippen LogP contribution is -2.23. The smallest absolute Gasteiger partial charge is 0.253 e. The molecule has 0 atom stereocenters. The van der Waals surface area contributed by atoms with Crippen molar-refractivity contribution in [2.75, 3.05) is 4.72 Å². The van der Waals surface area contributed by atoms with Gasteiger partial charge in [-0.05, 0) is 73.3 Å². The first-order valence-corrected chi connectivity index (χ1v) is 8.85. The van der Waals surface area contributed by atoms with Gasteiger partial charge in [0.15, 0.2) is 0 Å². The molecule has 0 aliphatic carbocycles. The maximum Gasteiger partial charge on any atom is 0.253 e. The van der Waals surface area contributed by atoms with Crippen molar-refractivity contribution in [2.24, 2.45) is 0 Å². The first kappa shape index (κ1) is 17.2. The molecule has 1 heterocycles. The van der Waals surface area contributed by atoms with E-state index in [1.807, 2.05) is 24.3 Å². The predicted molar refractivity (Wildman–Crippen MR) is 102 cm³/mol. The highest BCUT2D eigenvalue weighted by Gasteiger charge is 2.11. The molecule has 25 heavy (non-hydrogen) atoms. The highest BCUT2D eigenvalue weighted by molar-refractivity contribution is 8.00. The fraction of sp³-hybridized carbons (Fsp3) is 0.150. The largest absolute Gasteiger partial charge is 0.467 e. The van der Waals surface area contributed by atoms with Crippen LogP contribution in [0.3, 0.4) is 0 Å². The molecule has 0 unspecified atom stereocenters. The summed E-state index contributed by atoms with van der Waals surface area (Å²) in [4.78, 5) is 13.6. The molecule has 4 nitrogen and oxygen atoms in total. The SMILES string of the molecule is Cc1ccc(SNc2ccccc2C(=O)NCc2ccco2)cc1C.